The number of hydrogen-bond acceptors (Lipinski definition) is 2. The lowest BCUT2D eigenvalue weighted by Gasteiger charge is -2.10. The molecule has 2 aromatic rings. The van der Waals surface area contributed by atoms with Crippen molar-refractivity contribution in [3.63, 3.8) is 0 Å². The molecule has 0 spiro atoms. The number of nitrogens with one attached hydrogen (secondary N) is 1. The fourth-order valence-corrected chi connectivity index (χ4v) is 2.66. The first-order valence-corrected chi connectivity index (χ1v) is 7.93. The van der Waals surface area contributed by atoms with Gasteiger partial charge in [-0.1, -0.05) is 46.3 Å². The van der Waals surface area contributed by atoms with Crippen LogP contribution in [-0.4, -0.2) is 12.8 Å². The molecule has 0 radical (unpaired) electrons. The minimum Gasteiger partial charge on any atom is -0.393 e. The molecule has 0 bridgehead atoms. The molecule has 0 saturated heterocycles. The van der Waals surface area contributed by atoms with E-state index in [9.17, 15) is 18.0 Å². The van der Waals surface area contributed by atoms with Gasteiger partial charge in [-0.05, 0) is 29.3 Å². The molecule has 0 amide bonds. The Kier molecular flexibility index (Phi) is 5.83. The van der Waals surface area contributed by atoms with E-state index in [0.29, 0.717) is 16.7 Å². The van der Waals surface area contributed by atoms with Gasteiger partial charge in [0.25, 0.3) is 0 Å². The lowest BCUT2D eigenvalue weighted by molar-refractivity contribution is -0.137. The Morgan fingerprint density at radius 2 is 1.88 bits per heavy atom. The molecule has 2 aromatic carbocycles. The van der Waals surface area contributed by atoms with Gasteiger partial charge in [0.2, 0.25) is 0 Å². The molecular weight excluding hydrogens is 383 g/mol. The second kappa shape index (κ2) is 7.66. The molecule has 0 aromatic heterocycles. The first-order chi connectivity index (χ1) is 11.3. The number of benzene rings is 2. The van der Waals surface area contributed by atoms with Crippen LogP contribution in [0.15, 0.2) is 59.2 Å². The number of halogens is 4. The topological polar surface area (TPSA) is 29.1 Å². The van der Waals surface area contributed by atoms with Gasteiger partial charge in [0.15, 0.2) is 5.78 Å². The smallest absolute Gasteiger partial charge is 0.393 e. The largest absolute Gasteiger partial charge is 0.416 e. The highest BCUT2D eigenvalue weighted by molar-refractivity contribution is 9.10. The summed E-state index contributed by atoms with van der Waals surface area (Å²) in [5, 5.41) is 2.81. The first-order valence-electron chi connectivity index (χ1n) is 7.14. The van der Waals surface area contributed by atoms with Crippen molar-refractivity contribution in [1.82, 2.24) is 5.32 Å². The van der Waals surface area contributed by atoms with Crippen molar-refractivity contribution in [2.45, 2.75) is 12.6 Å². The lowest BCUT2D eigenvalue weighted by atomic mass is 9.97. The predicted octanol–water partition coefficient (Wildman–Crippen LogP) is 4.84. The van der Waals surface area contributed by atoms with Gasteiger partial charge in [0.05, 0.1) is 5.56 Å². The fourth-order valence-electron chi connectivity index (χ4n) is 2.26. The van der Waals surface area contributed by atoms with Crippen molar-refractivity contribution in [1.29, 1.82) is 0 Å². The third-order valence-corrected chi connectivity index (χ3v) is 3.84. The van der Waals surface area contributed by atoms with Crippen LogP contribution in [0.25, 0.3) is 5.57 Å². The molecular formula is C18H15BrF3NO. The summed E-state index contributed by atoms with van der Waals surface area (Å²) in [6.45, 7) is 0. The normalized spacial score (nSPS) is 12.1. The van der Waals surface area contributed by atoms with Crippen LogP contribution in [0.5, 0.6) is 0 Å². The molecule has 0 aliphatic carbocycles. The second-order valence-corrected chi connectivity index (χ2v) is 6.07. The third-order valence-electron chi connectivity index (χ3n) is 3.34. The fraction of sp³-hybridized carbons (Fsp3) is 0.167. The SMILES string of the molecule is CNC=C(C(=O)Cc1cccc(C(F)(F)F)c1)c1cccc(Br)c1. The highest BCUT2D eigenvalue weighted by Gasteiger charge is 2.30. The summed E-state index contributed by atoms with van der Waals surface area (Å²) in [7, 11) is 1.66. The zero-order chi connectivity index (χ0) is 17.7. The average Bonchev–Trinajstić information content (AvgIpc) is 2.52. The Morgan fingerprint density at radius 1 is 1.17 bits per heavy atom. The molecule has 6 heteroatoms. The minimum absolute atomic E-state index is 0.107. The van der Waals surface area contributed by atoms with Gasteiger partial charge >= 0.3 is 6.18 Å². The Hall–Kier alpha value is -2.08. The van der Waals surface area contributed by atoms with Crippen molar-refractivity contribution in [3.8, 4) is 0 Å². The summed E-state index contributed by atoms with van der Waals surface area (Å²) in [6.07, 6.45) is -2.98. The average molecular weight is 398 g/mol. The molecule has 0 saturated carbocycles. The highest BCUT2D eigenvalue weighted by atomic mass is 79.9. The monoisotopic (exact) mass is 397 g/mol. The molecule has 0 aliphatic heterocycles. The minimum atomic E-state index is -4.42. The lowest BCUT2D eigenvalue weighted by Crippen LogP contribution is -2.11. The van der Waals surface area contributed by atoms with Gasteiger partial charge in [0, 0.05) is 29.7 Å². The summed E-state index contributed by atoms with van der Waals surface area (Å²) < 4.78 is 39.2. The number of allylic oxidation sites excluding steroid dienone is 1. The maximum atomic E-state index is 12.8. The summed E-state index contributed by atoms with van der Waals surface area (Å²) in [6, 6.07) is 12.0. The van der Waals surface area contributed by atoms with Crippen molar-refractivity contribution in [3.05, 3.63) is 75.9 Å². The van der Waals surface area contributed by atoms with Crippen LogP contribution in [0.1, 0.15) is 16.7 Å². The molecule has 0 fully saturated rings. The zero-order valence-corrected chi connectivity index (χ0v) is 14.4. The van der Waals surface area contributed by atoms with Gasteiger partial charge in [-0.25, -0.2) is 0 Å². The van der Waals surface area contributed by atoms with Crippen LogP contribution < -0.4 is 5.32 Å². The Balaban J connectivity index is 2.28. The second-order valence-electron chi connectivity index (χ2n) is 5.16. The van der Waals surface area contributed by atoms with Gasteiger partial charge in [-0.3, -0.25) is 4.79 Å². The van der Waals surface area contributed by atoms with E-state index in [-0.39, 0.29) is 12.2 Å². The quantitative estimate of drug-likeness (QED) is 0.731. The Bertz CT molecular complexity index is 769. The highest BCUT2D eigenvalue weighted by Crippen LogP contribution is 2.30. The molecule has 1 N–H and O–H groups in total. The maximum absolute atomic E-state index is 12.8. The summed E-state index contributed by atoms with van der Waals surface area (Å²) in [5.74, 6) is -0.262. The van der Waals surface area contributed by atoms with Crippen molar-refractivity contribution in [2.24, 2.45) is 0 Å². The Morgan fingerprint density at radius 3 is 2.50 bits per heavy atom. The van der Waals surface area contributed by atoms with Crippen LogP contribution in [0.4, 0.5) is 13.2 Å². The maximum Gasteiger partial charge on any atom is 0.416 e. The van der Waals surface area contributed by atoms with Gasteiger partial charge in [0.1, 0.15) is 0 Å². The van der Waals surface area contributed by atoms with E-state index in [1.807, 2.05) is 6.07 Å². The van der Waals surface area contributed by atoms with E-state index in [1.54, 1.807) is 31.4 Å². The van der Waals surface area contributed by atoms with E-state index in [4.69, 9.17) is 0 Å². The number of ketones is 1. The zero-order valence-electron chi connectivity index (χ0n) is 12.8. The molecule has 0 heterocycles. The van der Waals surface area contributed by atoms with Crippen molar-refractivity contribution >= 4 is 27.3 Å². The molecule has 0 unspecified atom stereocenters. The molecule has 0 aliphatic rings. The number of Topliss-reactive ketones (excluding diaryl/α,β-unsaturated/α-hetero) is 1. The summed E-state index contributed by atoms with van der Waals surface area (Å²) in [4.78, 5) is 12.6. The van der Waals surface area contributed by atoms with E-state index < -0.39 is 11.7 Å². The van der Waals surface area contributed by atoms with Crippen molar-refractivity contribution < 1.29 is 18.0 Å². The van der Waals surface area contributed by atoms with Crippen LogP contribution in [0.2, 0.25) is 0 Å². The Labute approximate surface area is 146 Å². The third kappa shape index (κ3) is 4.71. The van der Waals surface area contributed by atoms with Gasteiger partial charge in [-0.15, -0.1) is 0 Å². The number of carbonyl (C=O) groups excluding carboxylic acids is 1. The van der Waals surface area contributed by atoms with E-state index in [2.05, 4.69) is 21.2 Å². The summed E-state index contributed by atoms with van der Waals surface area (Å²) in [5.41, 5.74) is 0.674. The van der Waals surface area contributed by atoms with Crippen LogP contribution in [0.3, 0.4) is 0 Å². The van der Waals surface area contributed by atoms with E-state index >= 15 is 0 Å². The van der Waals surface area contributed by atoms with E-state index in [1.165, 1.54) is 12.1 Å². The van der Waals surface area contributed by atoms with Crippen molar-refractivity contribution in [2.75, 3.05) is 7.05 Å². The van der Waals surface area contributed by atoms with Gasteiger partial charge < -0.3 is 5.32 Å². The number of hydrogen-bond donors (Lipinski definition) is 1. The molecule has 0 atom stereocenters. The summed E-state index contributed by atoms with van der Waals surface area (Å²) >= 11 is 3.34. The number of rotatable bonds is 5. The standard InChI is InChI=1S/C18H15BrF3NO/c1-23-11-16(13-5-3-7-15(19)10-13)17(24)9-12-4-2-6-14(8-12)18(20,21)22/h2-8,10-11,23H,9H2,1H3. The predicted molar refractivity (Wildman–Crippen MR) is 91.3 cm³/mol. The molecule has 2 nitrogen and oxygen atoms in total. The first kappa shape index (κ1) is 18.3. The number of alkyl halides is 3. The number of carbonyl (C=O) groups is 1. The molecule has 24 heavy (non-hydrogen) atoms. The van der Waals surface area contributed by atoms with Crippen LogP contribution >= 0.6 is 15.9 Å². The molecule has 126 valence electrons. The van der Waals surface area contributed by atoms with E-state index in [0.717, 1.165) is 16.6 Å². The van der Waals surface area contributed by atoms with Crippen LogP contribution in [0, 0.1) is 0 Å². The van der Waals surface area contributed by atoms with Gasteiger partial charge in [-0.2, -0.15) is 13.2 Å². The van der Waals surface area contributed by atoms with Crippen LogP contribution in [-0.2, 0) is 17.4 Å². The molecule has 2 rings (SSSR count).